The minimum absolute atomic E-state index is 0.175. The number of rotatable bonds is 5. The lowest BCUT2D eigenvalue weighted by molar-refractivity contribution is -0.115. The molecule has 0 heterocycles. The first-order valence-electron chi connectivity index (χ1n) is 6.84. The average molecular weight is 353 g/mol. The van der Waals surface area contributed by atoms with Gasteiger partial charge in [-0.25, -0.2) is 8.42 Å². The van der Waals surface area contributed by atoms with Gasteiger partial charge >= 0.3 is 0 Å². The van der Waals surface area contributed by atoms with E-state index < -0.39 is 10.0 Å². The van der Waals surface area contributed by atoms with Crippen molar-refractivity contribution in [2.75, 3.05) is 22.9 Å². The Morgan fingerprint density at radius 3 is 2.35 bits per heavy atom. The van der Waals surface area contributed by atoms with E-state index in [0.717, 1.165) is 16.1 Å². The number of hydrogen-bond donors (Lipinski definition) is 1. The van der Waals surface area contributed by atoms with E-state index in [4.69, 9.17) is 11.6 Å². The van der Waals surface area contributed by atoms with Crippen LogP contribution in [0.4, 0.5) is 11.4 Å². The van der Waals surface area contributed by atoms with Crippen LogP contribution < -0.4 is 9.62 Å². The average Bonchev–Trinajstić information content (AvgIpc) is 2.48. The van der Waals surface area contributed by atoms with Crippen molar-refractivity contribution < 1.29 is 13.2 Å². The van der Waals surface area contributed by atoms with E-state index in [1.54, 1.807) is 48.5 Å². The van der Waals surface area contributed by atoms with Gasteiger partial charge in [0.15, 0.2) is 0 Å². The molecule has 7 heteroatoms. The molecule has 0 aliphatic rings. The van der Waals surface area contributed by atoms with Crippen LogP contribution in [0.3, 0.4) is 0 Å². The van der Waals surface area contributed by atoms with Gasteiger partial charge in [0.1, 0.15) is 0 Å². The van der Waals surface area contributed by atoms with Crippen molar-refractivity contribution in [2.45, 2.75) is 6.42 Å². The summed E-state index contributed by atoms with van der Waals surface area (Å²) in [4.78, 5) is 12.2. The van der Waals surface area contributed by atoms with Crippen molar-refractivity contribution in [1.82, 2.24) is 0 Å². The number of nitrogens with zero attached hydrogens (tertiary/aromatic N) is 1. The second-order valence-corrected chi connectivity index (χ2v) is 7.55. The van der Waals surface area contributed by atoms with Gasteiger partial charge in [-0.2, -0.15) is 0 Å². The third-order valence-corrected chi connectivity index (χ3v) is 4.74. The van der Waals surface area contributed by atoms with Gasteiger partial charge in [-0.3, -0.25) is 9.10 Å². The van der Waals surface area contributed by atoms with Crippen molar-refractivity contribution in [1.29, 1.82) is 0 Å². The van der Waals surface area contributed by atoms with E-state index in [9.17, 15) is 13.2 Å². The molecule has 2 aromatic carbocycles. The monoisotopic (exact) mass is 352 g/mol. The molecule has 1 amide bonds. The number of halogens is 1. The van der Waals surface area contributed by atoms with E-state index in [1.807, 2.05) is 0 Å². The number of nitrogens with one attached hydrogen (secondary N) is 1. The molecule has 0 fully saturated rings. The minimum Gasteiger partial charge on any atom is -0.324 e. The predicted octanol–water partition coefficient (Wildman–Crippen LogP) is 2.92. The SMILES string of the molecule is CN(c1ccccc1NC(=O)Cc1ccc(Cl)cc1)S(C)(=O)=O. The minimum atomic E-state index is -3.41. The van der Waals surface area contributed by atoms with E-state index in [0.29, 0.717) is 16.4 Å². The quantitative estimate of drug-likeness (QED) is 0.899. The Bertz CT molecular complexity index is 804. The summed E-state index contributed by atoms with van der Waals surface area (Å²) in [6, 6.07) is 13.7. The molecule has 0 aliphatic heterocycles. The number of carbonyl (C=O) groups excluding carboxylic acids is 1. The molecule has 122 valence electrons. The van der Waals surface area contributed by atoms with Crippen LogP contribution in [0.15, 0.2) is 48.5 Å². The zero-order chi connectivity index (χ0) is 17.0. The maximum atomic E-state index is 12.2. The molecule has 0 saturated carbocycles. The third-order valence-electron chi connectivity index (χ3n) is 3.29. The smallest absolute Gasteiger partial charge is 0.232 e. The summed E-state index contributed by atoms with van der Waals surface area (Å²) in [5.74, 6) is -0.235. The second kappa shape index (κ2) is 7.02. The summed E-state index contributed by atoms with van der Waals surface area (Å²) >= 11 is 5.81. The third kappa shape index (κ3) is 4.71. The van der Waals surface area contributed by atoms with Gasteiger partial charge in [0.25, 0.3) is 0 Å². The van der Waals surface area contributed by atoms with Gasteiger partial charge in [0, 0.05) is 12.1 Å². The summed E-state index contributed by atoms with van der Waals surface area (Å²) in [6.07, 6.45) is 1.29. The molecule has 0 radical (unpaired) electrons. The fourth-order valence-corrected chi connectivity index (χ4v) is 2.66. The van der Waals surface area contributed by atoms with Gasteiger partial charge in [0.2, 0.25) is 15.9 Å². The van der Waals surface area contributed by atoms with Crippen LogP contribution in [-0.4, -0.2) is 27.6 Å². The van der Waals surface area contributed by atoms with Crippen molar-refractivity contribution in [3.63, 3.8) is 0 Å². The van der Waals surface area contributed by atoms with Gasteiger partial charge in [-0.05, 0) is 29.8 Å². The highest BCUT2D eigenvalue weighted by Gasteiger charge is 2.16. The molecule has 0 spiro atoms. The van der Waals surface area contributed by atoms with Crippen molar-refractivity contribution >= 4 is 38.9 Å². The number of carbonyl (C=O) groups is 1. The second-order valence-electron chi connectivity index (χ2n) is 5.10. The molecule has 23 heavy (non-hydrogen) atoms. The molecule has 0 bridgehead atoms. The fourth-order valence-electron chi connectivity index (χ4n) is 2.01. The summed E-state index contributed by atoms with van der Waals surface area (Å²) in [7, 11) is -1.97. The van der Waals surface area contributed by atoms with Crippen LogP contribution in [0.25, 0.3) is 0 Å². The largest absolute Gasteiger partial charge is 0.324 e. The van der Waals surface area contributed by atoms with Gasteiger partial charge in [-0.15, -0.1) is 0 Å². The molecule has 2 aromatic rings. The highest BCUT2D eigenvalue weighted by molar-refractivity contribution is 7.92. The summed E-state index contributed by atoms with van der Waals surface area (Å²) in [5.41, 5.74) is 1.68. The maximum Gasteiger partial charge on any atom is 0.232 e. The molecule has 0 aromatic heterocycles. The number of benzene rings is 2. The zero-order valence-corrected chi connectivity index (χ0v) is 14.4. The van der Waals surface area contributed by atoms with Gasteiger partial charge in [-0.1, -0.05) is 35.9 Å². The maximum absolute atomic E-state index is 12.2. The van der Waals surface area contributed by atoms with E-state index >= 15 is 0 Å². The van der Waals surface area contributed by atoms with Crippen molar-refractivity contribution in [3.05, 3.63) is 59.1 Å². The normalized spacial score (nSPS) is 11.1. The summed E-state index contributed by atoms with van der Waals surface area (Å²) in [5, 5.41) is 3.35. The number of sulfonamides is 1. The zero-order valence-electron chi connectivity index (χ0n) is 12.8. The van der Waals surface area contributed by atoms with Gasteiger partial charge < -0.3 is 5.32 Å². The number of amides is 1. The Balaban J connectivity index is 2.17. The topological polar surface area (TPSA) is 66.5 Å². The Kier molecular flexibility index (Phi) is 5.28. The molecule has 0 aliphatic carbocycles. The summed E-state index contributed by atoms with van der Waals surface area (Å²) in [6.45, 7) is 0. The molecule has 0 unspecified atom stereocenters. The predicted molar refractivity (Wildman–Crippen MR) is 93.5 cm³/mol. The molecular formula is C16H17ClN2O3S. The van der Waals surface area contributed by atoms with Gasteiger partial charge in [0.05, 0.1) is 24.1 Å². The lowest BCUT2D eigenvalue weighted by Crippen LogP contribution is -2.26. The molecule has 2 rings (SSSR count). The lowest BCUT2D eigenvalue weighted by atomic mass is 10.1. The number of para-hydroxylation sites is 2. The lowest BCUT2D eigenvalue weighted by Gasteiger charge is -2.20. The first kappa shape index (κ1) is 17.3. The van der Waals surface area contributed by atoms with Crippen LogP contribution in [0.1, 0.15) is 5.56 Å². The van der Waals surface area contributed by atoms with Crippen LogP contribution in [0, 0.1) is 0 Å². The number of hydrogen-bond acceptors (Lipinski definition) is 3. The molecule has 1 N–H and O–H groups in total. The van der Waals surface area contributed by atoms with Crippen LogP contribution in [0.2, 0.25) is 5.02 Å². The fraction of sp³-hybridized carbons (Fsp3) is 0.188. The molecule has 0 saturated heterocycles. The van der Waals surface area contributed by atoms with Crippen LogP contribution in [0.5, 0.6) is 0 Å². The molecular weight excluding hydrogens is 336 g/mol. The first-order chi connectivity index (χ1) is 10.8. The standard InChI is InChI=1S/C16H17ClN2O3S/c1-19(23(2,21)22)15-6-4-3-5-14(15)18-16(20)11-12-7-9-13(17)10-8-12/h3-10H,11H2,1-2H3,(H,18,20). The van der Waals surface area contributed by atoms with E-state index in [-0.39, 0.29) is 12.3 Å². The van der Waals surface area contributed by atoms with Crippen LogP contribution >= 0.6 is 11.6 Å². The van der Waals surface area contributed by atoms with Crippen molar-refractivity contribution in [3.8, 4) is 0 Å². The highest BCUT2D eigenvalue weighted by atomic mass is 35.5. The summed E-state index contributed by atoms with van der Waals surface area (Å²) < 4.78 is 24.5. The Labute approximate surface area is 140 Å². The molecule has 0 atom stereocenters. The Morgan fingerprint density at radius 1 is 1.13 bits per heavy atom. The Hall–Kier alpha value is -2.05. The molecule has 5 nitrogen and oxygen atoms in total. The first-order valence-corrected chi connectivity index (χ1v) is 9.07. The van der Waals surface area contributed by atoms with E-state index in [2.05, 4.69) is 5.32 Å². The van der Waals surface area contributed by atoms with Crippen LogP contribution in [-0.2, 0) is 21.2 Å². The van der Waals surface area contributed by atoms with Crippen molar-refractivity contribution in [2.24, 2.45) is 0 Å². The Morgan fingerprint density at radius 2 is 1.74 bits per heavy atom. The van der Waals surface area contributed by atoms with E-state index in [1.165, 1.54) is 7.05 Å². The highest BCUT2D eigenvalue weighted by Crippen LogP contribution is 2.26. The number of anilines is 2.